The number of benzene rings is 2. The maximum Gasteiger partial charge on any atom is 0.265 e. The van der Waals surface area contributed by atoms with Crippen LogP contribution in [0.25, 0.3) is 10.9 Å². The van der Waals surface area contributed by atoms with E-state index in [1.165, 1.54) is 0 Å². The Kier molecular flexibility index (Phi) is 5.60. The molecule has 0 aliphatic carbocycles. The molecule has 1 amide bonds. The Balaban J connectivity index is 1.80. The second-order valence-electron chi connectivity index (χ2n) is 6.52. The number of hydrogen-bond donors (Lipinski definition) is 1. The van der Waals surface area contributed by atoms with Gasteiger partial charge in [-0.2, -0.15) is 0 Å². The van der Waals surface area contributed by atoms with Gasteiger partial charge < -0.3 is 14.8 Å². The number of nitrogens with one attached hydrogen (secondary N) is 1. The van der Waals surface area contributed by atoms with Crippen LogP contribution in [-0.2, 0) is 4.79 Å². The van der Waals surface area contributed by atoms with Gasteiger partial charge in [0.1, 0.15) is 17.0 Å². The molecule has 3 rings (SSSR count). The number of carbonyl (C=O) groups excluding carboxylic acids is 1. The molecule has 5 heteroatoms. The topological polar surface area (TPSA) is 60.5 Å². The molecule has 0 fully saturated rings. The lowest BCUT2D eigenvalue weighted by atomic mass is 10.1. The largest absolute Gasteiger partial charge is 0.492 e. The third-order valence-electron chi connectivity index (χ3n) is 4.17. The van der Waals surface area contributed by atoms with E-state index >= 15 is 0 Å². The molecular weight excluding hydrogens is 340 g/mol. The summed E-state index contributed by atoms with van der Waals surface area (Å²) in [4.78, 5) is 17.0. The smallest absolute Gasteiger partial charge is 0.265 e. The molecule has 1 aromatic heterocycles. The average molecular weight is 364 g/mol. The molecule has 5 nitrogen and oxygen atoms in total. The first-order valence-electron chi connectivity index (χ1n) is 9.04. The number of hydrogen-bond acceptors (Lipinski definition) is 4. The zero-order chi connectivity index (χ0) is 19.4. The minimum atomic E-state index is -0.635. The van der Waals surface area contributed by atoms with Crippen LogP contribution in [0.3, 0.4) is 0 Å². The number of anilines is 1. The van der Waals surface area contributed by atoms with E-state index in [1.54, 1.807) is 13.1 Å². The van der Waals surface area contributed by atoms with Crippen LogP contribution >= 0.6 is 0 Å². The molecule has 0 aliphatic heterocycles. The van der Waals surface area contributed by atoms with E-state index in [9.17, 15) is 4.79 Å². The maximum absolute atomic E-state index is 12.7. The number of carbonyl (C=O) groups is 1. The van der Waals surface area contributed by atoms with Crippen molar-refractivity contribution in [2.75, 3.05) is 11.9 Å². The molecule has 140 valence electrons. The molecule has 0 aliphatic rings. The number of aromatic nitrogens is 1. The summed E-state index contributed by atoms with van der Waals surface area (Å²) in [5.74, 6) is 1.17. The Hall–Kier alpha value is -3.08. The quantitative estimate of drug-likeness (QED) is 0.691. The number of fused-ring (bicyclic) bond motifs is 1. The van der Waals surface area contributed by atoms with Crippen molar-refractivity contribution >= 4 is 22.5 Å². The first kappa shape index (κ1) is 18.7. The van der Waals surface area contributed by atoms with Crippen molar-refractivity contribution < 1.29 is 14.3 Å². The normalized spacial score (nSPS) is 11.9. The standard InChI is InChI=1S/C22H24N2O3/c1-5-26-20-9-8-19(18-7-6-10-23-21(18)20)24-22(25)16(4)27-17-12-14(2)11-15(3)13-17/h6-13,16H,5H2,1-4H3,(H,24,25)/t16-/m1/s1. The highest BCUT2D eigenvalue weighted by atomic mass is 16.5. The van der Waals surface area contributed by atoms with E-state index in [0.717, 1.165) is 22.0 Å². The van der Waals surface area contributed by atoms with E-state index in [-0.39, 0.29) is 5.91 Å². The Labute approximate surface area is 159 Å². The van der Waals surface area contributed by atoms with E-state index < -0.39 is 6.10 Å². The molecule has 0 saturated heterocycles. The third-order valence-corrected chi connectivity index (χ3v) is 4.17. The van der Waals surface area contributed by atoms with Gasteiger partial charge in [-0.15, -0.1) is 0 Å². The van der Waals surface area contributed by atoms with Crippen LogP contribution in [0.5, 0.6) is 11.5 Å². The fourth-order valence-corrected chi connectivity index (χ4v) is 3.02. The highest BCUT2D eigenvalue weighted by Gasteiger charge is 2.17. The van der Waals surface area contributed by atoms with Crippen molar-refractivity contribution in [2.24, 2.45) is 0 Å². The van der Waals surface area contributed by atoms with Crippen LogP contribution in [0.4, 0.5) is 5.69 Å². The van der Waals surface area contributed by atoms with Gasteiger partial charge in [0, 0.05) is 11.6 Å². The summed E-state index contributed by atoms with van der Waals surface area (Å²) >= 11 is 0. The predicted octanol–water partition coefficient (Wildman–Crippen LogP) is 4.66. The maximum atomic E-state index is 12.7. The second kappa shape index (κ2) is 8.08. The molecule has 0 saturated carbocycles. The zero-order valence-corrected chi connectivity index (χ0v) is 16.1. The van der Waals surface area contributed by atoms with Crippen LogP contribution in [0, 0.1) is 13.8 Å². The Morgan fingerprint density at radius 3 is 2.59 bits per heavy atom. The Morgan fingerprint density at radius 2 is 1.89 bits per heavy atom. The molecule has 0 bridgehead atoms. The molecule has 0 unspecified atom stereocenters. The molecule has 27 heavy (non-hydrogen) atoms. The van der Waals surface area contributed by atoms with Crippen molar-refractivity contribution in [3.63, 3.8) is 0 Å². The fourth-order valence-electron chi connectivity index (χ4n) is 3.02. The minimum Gasteiger partial charge on any atom is -0.492 e. The number of amides is 1. The van der Waals surface area contributed by atoms with Crippen molar-refractivity contribution in [1.82, 2.24) is 4.98 Å². The third kappa shape index (κ3) is 4.37. The lowest BCUT2D eigenvalue weighted by Gasteiger charge is -2.17. The SMILES string of the molecule is CCOc1ccc(NC(=O)[C@@H](C)Oc2cc(C)cc(C)c2)c2cccnc12. The first-order valence-corrected chi connectivity index (χ1v) is 9.04. The van der Waals surface area contributed by atoms with Crippen molar-refractivity contribution in [1.29, 1.82) is 0 Å². The Bertz CT molecular complexity index is 949. The molecular formula is C22H24N2O3. The zero-order valence-electron chi connectivity index (χ0n) is 16.1. The number of pyridine rings is 1. The highest BCUT2D eigenvalue weighted by Crippen LogP contribution is 2.30. The van der Waals surface area contributed by atoms with Crippen molar-refractivity contribution in [3.05, 3.63) is 59.8 Å². The molecule has 1 heterocycles. The van der Waals surface area contributed by atoms with Crippen LogP contribution in [0.2, 0.25) is 0 Å². The van der Waals surface area contributed by atoms with E-state index in [1.807, 2.05) is 57.2 Å². The highest BCUT2D eigenvalue weighted by molar-refractivity contribution is 6.04. The van der Waals surface area contributed by atoms with Gasteiger partial charge in [-0.1, -0.05) is 6.07 Å². The van der Waals surface area contributed by atoms with Gasteiger partial charge in [-0.25, -0.2) is 0 Å². The summed E-state index contributed by atoms with van der Waals surface area (Å²) in [7, 11) is 0. The summed E-state index contributed by atoms with van der Waals surface area (Å²) in [5, 5.41) is 3.77. The summed E-state index contributed by atoms with van der Waals surface area (Å²) < 4.78 is 11.5. The van der Waals surface area contributed by atoms with Crippen LogP contribution in [0.15, 0.2) is 48.7 Å². The Morgan fingerprint density at radius 1 is 1.15 bits per heavy atom. The number of rotatable bonds is 6. The molecule has 3 aromatic rings. The van der Waals surface area contributed by atoms with Gasteiger partial charge in [0.05, 0.1) is 12.3 Å². The fraction of sp³-hybridized carbons (Fsp3) is 0.273. The minimum absolute atomic E-state index is 0.219. The van der Waals surface area contributed by atoms with E-state index in [0.29, 0.717) is 23.8 Å². The van der Waals surface area contributed by atoms with E-state index in [2.05, 4.69) is 16.4 Å². The summed E-state index contributed by atoms with van der Waals surface area (Å²) in [6, 6.07) is 13.3. The lowest BCUT2D eigenvalue weighted by molar-refractivity contribution is -0.122. The predicted molar refractivity (Wildman–Crippen MR) is 108 cm³/mol. The van der Waals surface area contributed by atoms with Crippen LogP contribution < -0.4 is 14.8 Å². The van der Waals surface area contributed by atoms with Gasteiger partial charge in [0.25, 0.3) is 5.91 Å². The number of ether oxygens (including phenoxy) is 2. The monoisotopic (exact) mass is 364 g/mol. The number of nitrogens with zero attached hydrogens (tertiary/aromatic N) is 1. The molecule has 2 aromatic carbocycles. The lowest BCUT2D eigenvalue weighted by Crippen LogP contribution is -2.30. The summed E-state index contributed by atoms with van der Waals surface area (Å²) in [6.45, 7) is 8.23. The first-order chi connectivity index (χ1) is 13.0. The summed E-state index contributed by atoms with van der Waals surface area (Å²) in [6.07, 6.45) is 1.08. The van der Waals surface area contributed by atoms with Gasteiger partial charge in [-0.05, 0) is 75.2 Å². The van der Waals surface area contributed by atoms with Gasteiger partial charge in [-0.3, -0.25) is 9.78 Å². The molecule has 1 N–H and O–H groups in total. The summed E-state index contributed by atoms with van der Waals surface area (Å²) in [5.41, 5.74) is 3.60. The van der Waals surface area contributed by atoms with Gasteiger partial charge >= 0.3 is 0 Å². The van der Waals surface area contributed by atoms with Crippen LogP contribution in [0.1, 0.15) is 25.0 Å². The molecule has 0 radical (unpaired) electrons. The van der Waals surface area contributed by atoms with E-state index in [4.69, 9.17) is 9.47 Å². The molecule has 0 spiro atoms. The van der Waals surface area contributed by atoms with Gasteiger partial charge in [0.2, 0.25) is 0 Å². The van der Waals surface area contributed by atoms with Crippen LogP contribution in [-0.4, -0.2) is 23.6 Å². The van der Waals surface area contributed by atoms with Crippen molar-refractivity contribution in [3.8, 4) is 11.5 Å². The average Bonchev–Trinajstić information content (AvgIpc) is 2.63. The van der Waals surface area contributed by atoms with Crippen molar-refractivity contribution in [2.45, 2.75) is 33.8 Å². The van der Waals surface area contributed by atoms with Gasteiger partial charge in [0.15, 0.2) is 6.10 Å². The number of aryl methyl sites for hydroxylation is 2. The molecule has 1 atom stereocenters. The second-order valence-corrected chi connectivity index (χ2v) is 6.52.